The molecule has 1 aliphatic carbocycles. The van der Waals surface area contributed by atoms with Gasteiger partial charge in [0.25, 0.3) is 0 Å². The minimum atomic E-state index is -0.223. The van der Waals surface area contributed by atoms with Crippen molar-refractivity contribution in [2.24, 2.45) is 5.92 Å². The molecule has 5 rings (SSSR count). The quantitative estimate of drug-likeness (QED) is 0.664. The van der Waals surface area contributed by atoms with Crippen molar-refractivity contribution in [2.45, 2.75) is 45.4 Å². The van der Waals surface area contributed by atoms with Crippen molar-refractivity contribution in [1.29, 1.82) is 0 Å². The minimum Gasteiger partial charge on any atom is -0.356 e. The zero-order chi connectivity index (χ0) is 18.4. The van der Waals surface area contributed by atoms with Crippen LogP contribution in [0.1, 0.15) is 43.9 Å². The fourth-order valence-corrected chi connectivity index (χ4v) is 4.59. The van der Waals surface area contributed by atoms with Gasteiger partial charge in [0.05, 0.1) is 5.69 Å². The van der Waals surface area contributed by atoms with Crippen LogP contribution in [0.5, 0.6) is 0 Å². The fraction of sp³-hybridized carbons (Fsp3) is 0.455. The van der Waals surface area contributed by atoms with E-state index in [2.05, 4.69) is 11.8 Å². The van der Waals surface area contributed by atoms with Crippen LogP contribution < -0.4 is 4.90 Å². The van der Waals surface area contributed by atoms with Gasteiger partial charge >= 0.3 is 0 Å². The normalized spacial score (nSPS) is 20.1. The average molecular weight is 364 g/mol. The van der Waals surface area contributed by atoms with Gasteiger partial charge in [0.2, 0.25) is 0 Å². The van der Waals surface area contributed by atoms with Crippen molar-refractivity contribution < 1.29 is 4.39 Å². The summed E-state index contributed by atoms with van der Waals surface area (Å²) in [6.45, 7) is 4.50. The molecule has 0 radical (unpaired) electrons. The SMILES string of the molecule is C[C@@H]1CCCN(c2c3c(nc4cc(-c5ccc(F)cc5)nn24)CCCC3)C1. The molecule has 0 N–H and O–H groups in total. The first kappa shape index (κ1) is 16.7. The van der Waals surface area contributed by atoms with Crippen LogP contribution in [-0.4, -0.2) is 27.7 Å². The van der Waals surface area contributed by atoms with E-state index >= 15 is 0 Å². The second-order valence-corrected chi connectivity index (χ2v) is 8.07. The highest BCUT2D eigenvalue weighted by Crippen LogP contribution is 2.34. The second-order valence-electron chi connectivity index (χ2n) is 8.07. The number of piperidine rings is 1. The molecule has 3 aromatic rings. The van der Waals surface area contributed by atoms with Crippen LogP contribution in [0.25, 0.3) is 16.9 Å². The van der Waals surface area contributed by atoms with Gasteiger partial charge in [-0.2, -0.15) is 9.61 Å². The molecule has 1 fully saturated rings. The Morgan fingerprint density at radius 2 is 1.89 bits per heavy atom. The van der Waals surface area contributed by atoms with E-state index in [1.54, 1.807) is 12.1 Å². The fourth-order valence-electron chi connectivity index (χ4n) is 4.59. The topological polar surface area (TPSA) is 33.4 Å². The van der Waals surface area contributed by atoms with Gasteiger partial charge in [0.15, 0.2) is 5.65 Å². The summed E-state index contributed by atoms with van der Waals surface area (Å²) >= 11 is 0. The Kier molecular flexibility index (Phi) is 4.10. The minimum absolute atomic E-state index is 0.223. The van der Waals surface area contributed by atoms with Crippen LogP contribution in [-0.2, 0) is 12.8 Å². The van der Waals surface area contributed by atoms with E-state index in [0.29, 0.717) is 5.92 Å². The molecule has 4 nitrogen and oxygen atoms in total. The Bertz CT molecular complexity index is 976. The summed E-state index contributed by atoms with van der Waals surface area (Å²) in [5.74, 6) is 1.72. The average Bonchev–Trinajstić information content (AvgIpc) is 3.10. The number of fused-ring (bicyclic) bond motifs is 2. The number of benzene rings is 1. The van der Waals surface area contributed by atoms with Gasteiger partial charge in [-0.1, -0.05) is 6.92 Å². The van der Waals surface area contributed by atoms with E-state index < -0.39 is 0 Å². The lowest BCUT2D eigenvalue weighted by Gasteiger charge is -2.35. The lowest BCUT2D eigenvalue weighted by molar-refractivity contribution is 0.440. The Labute approximate surface area is 159 Å². The molecule has 1 aromatic carbocycles. The highest BCUT2D eigenvalue weighted by molar-refractivity contribution is 5.67. The Morgan fingerprint density at radius 3 is 2.70 bits per heavy atom. The van der Waals surface area contributed by atoms with Crippen molar-refractivity contribution in [3.8, 4) is 11.3 Å². The monoisotopic (exact) mass is 364 g/mol. The molecule has 0 spiro atoms. The Hall–Kier alpha value is -2.43. The summed E-state index contributed by atoms with van der Waals surface area (Å²) < 4.78 is 15.4. The van der Waals surface area contributed by atoms with Crippen LogP contribution in [0.3, 0.4) is 0 Å². The number of nitrogens with zero attached hydrogens (tertiary/aromatic N) is 4. The van der Waals surface area contributed by atoms with Gasteiger partial charge in [-0.15, -0.1) is 0 Å². The number of halogens is 1. The summed E-state index contributed by atoms with van der Waals surface area (Å²) in [5.41, 5.74) is 5.32. The Morgan fingerprint density at radius 1 is 1.07 bits per heavy atom. The van der Waals surface area contributed by atoms with E-state index in [4.69, 9.17) is 10.1 Å². The molecule has 0 amide bonds. The second kappa shape index (κ2) is 6.63. The first-order valence-corrected chi connectivity index (χ1v) is 10.1. The zero-order valence-electron chi connectivity index (χ0n) is 15.8. The summed E-state index contributed by atoms with van der Waals surface area (Å²) in [7, 11) is 0. The summed E-state index contributed by atoms with van der Waals surface area (Å²) in [6.07, 6.45) is 7.11. The van der Waals surface area contributed by atoms with Gasteiger partial charge in [-0.3, -0.25) is 0 Å². The lowest BCUT2D eigenvalue weighted by atomic mass is 9.94. The summed E-state index contributed by atoms with van der Waals surface area (Å²) in [6, 6.07) is 8.61. The maximum Gasteiger partial charge on any atom is 0.158 e. The standard InChI is InChI=1S/C22H25FN4/c1-15-5-4-12-26(14-15)22-18-6-2-3-7-19(18)24-21-13-20(25-27(21)22)16-8-10-17(23)11-9-16/h8-11,13,15H,2-7,12,14H2,1H3/t15-/m1/s1. The number of aromatic nitrogens is 3. The Balaban J connectivity index is 1.68. The molecule has 1 atom stereocenters. The van der Waals surface area contributed by atoms with Gasteiger partial charge in [-0.05, 0) is 68.7 Å². The molecule has 140 valence electrons. The lowest BCUT2D eigenvalue weighted by Crippen LogP contribution is -2.37. The predicted octanol–water partition coefficient (Wildman–Crippen LogP) is 4.65. The van der Waals surface area contributed by atoms with Gasteiger partial charge in [0, 0.05) is 36.0 Å². The number of rotatable bonds is 2. The molecule has 0 unspecified atom stereocenters. The maximum atomic E-state index is 13.3. The number of aryl methyl sites for hydroxylation is 1. The van der Waals surface area contributed by atoms with Crippen LogP contribution in [0.2, 0.25) is 0 Å². The predicted molar refractivity (Wildman–Crippen MR) is 106 cm³/mol. The number of anilines is 1. The molecular formula is C22H25FN4. The van der Waals surface area contributed by atoms with Crippen molar-refractivity contribution >= 4 is 11.5 Å². The van der Waals surface area contributed by atoms with E-state index in [1.807, 2.05) is 10.6 Å². The molecule has 0 bridgehead atoms. The van der Waals surface area contributed by atoms with Gasteiger partial charge < -0.3 is 4.90 Å². The van der Waals surface area contributed by atoms with Crippen molar-refractivity contribution in [1.82, 2.24) is 14.6 Å². The third-order valence-corrected chi connectivity index (χ3v) is 5.95. The van der Waals surface area contributed by atoms with E-state index in [-0.39, 0.29) is 5.82 Å². The van der Waals surface area contributed by atoms with Crippen LogP contribution in [0, 0.1) is 11.7 Å². The maximum absolute atomic E-state index is 13.3. The summed E-state index contributed by atoms with van der Waals surface area (Å²) in [4.78, 5) is 7.48. The largest absolute Gasteiger partial charge is 0.356 e. The highest BCUT2D eigenvalue weighted by atomic mass is 19.1. The molecule has 27 heavy (non-hydrogen) atoms. The molecule has 3 heterocycles. The number of hydrogen-bond donors (Lipinski definition) is 0. The van der Waals surface area contributed by atoms with Crippen LogP contribution in [0.4, 0.5) is 10.2 Å². The third-order valence-electron chi connectivity index (χ3n) is 5.95. The van der Waals surface area contributed by atoms with E-state index in [1.165, 1.54) is 54.9 Å². The molecule has 1 saturated heterocycles. The molecule has 5 heteroatoms. The first-order valence-electron chi connectivity index (χ1n) is 10.1. The highest BCUT2D eigenvalue weighted by Gasteiger charge is 2.26. The molecule has 2 aromatic heterocycles. The smallest absolute Gasteiger partial charge is 0.158 e. The molecule has 2 aliphatic rings. The van der Waals surface area contributed by atoms with Crippen molar-refractivity contribution in [2.75, 3.05) is 18.0 Å². The molecule has 0 saturated carbocycles. The van der Waals surface area contributed by atoms with Crippen LogP contribution in [0.15, 0.2) is 30.3 Å². The van der Waals surface area contributed by atoms with Crippen molar-refractivity contribution in [3.63, 3.8) is 0 Å². The third kappa shape index (κ3) is 2.99. The van der Waals surface area contributed by atoms with Gasteiger partial charge in [-0.25, -0.2) is 9.37 Å². The van der Waals surface area contributed by atoms with E-state index in [0.717, 1.165) is 42.8 Å². The first-order chi connectivity index (χ1) is 13.2. The van der Waals surface area contributed by atoms with Gasteiger partial charge in [0.1, 0.15) is 11.6 Å². The molecular weight excluding hydrogens is 339 g/mol. The molecule has 1 aliphatic heterocycles. The zero-order valence-corrected chi connectivity index (χ0v) is 15.8. The van der Waals surface area contributed by atoms with E-state index in [9.17, 15) is 4.39 Å². The van der Waals surface area contributed by atoms with Crippen molar-refractivity contribution in [3.05, 3.63) is 47.4 Å². The van der Waals surface area contributed by atoms with Crippen LogP contribution >= 0.6 is 0 Å². The summed E-state index contributed by atoms with van der Waals surface area (Å²) in [5, 5.41) is 4.91. The number of hydrogen-bond acceptors (Lipinski definition) is 3.